The van der Waals surface area contributed by atoms with E-state index in [4.69, 9.17) is 5.11 Å². The molecule has 0 radical (unpaired) electrons. The summed E-state index contributed by atoms with van der Waals surface area (Å²) in [5.41, 5.74) is -3.69. The fraction of sp³-hybridized carbons (Fsp3) is 0.529. The van der Waals surface area contributed by atoms with Gasteiger partial charge in [0.15, 0.2) is 0 Å². The first-order valence-electron chi connectivity index (χ1n) is 8.56. The van der Waals surface area contributed by atoms with Crippen LogP contribution in [0.5, 0.6) is 0 Å². The van der Waals surface area contributed by atoms with Crippen LogP contribution in [0, 0.1) is 0 Å². The van der Waals surface area contributed by atoms with E-state index in [0.717, 1.165) is 33.5 Å². The number of sulfonamides is 1. The van der Waals surface area contributed by atoms with E-state index in [-0.39, 0.29) is 23.5 Å². The van der Waals surface area contributed by atoms with Gasteiger partial charge in [0, 0.05) is 25.2 Å². The Morgan fingerprint density at radius 3 is 2.03 bits per heavy atom. The summed E-state index contributed by atoms with van der Waals surface area (Å²) in [7, 11) is -4.08. The van der Waals surface area contributed by atoms with Gasteiger partial charge in [-0.15, -0.1) is 0 Å². The summed E-state index contributed by atoms with van der Waals surface area (Å²) in [6, 6.07) is 2.71. The van der Waals surface area contributed by atoms with E-state index in [9.17, 15) is 36.3 Å². The van der Waals surface area contributed by atoms with Gasteiger partial charge in [-0.2, -0.15) is 17.5 Å². The fourth-order valence-corrected chi connectivity index (χ4v) is 4.72. The van der Waals surface area contributed by atoms with Gasteiger partial charge in [-0.1, -0.05) is 0 Å². The lowest BCUT2D eigenvalue weighted by Gasteiger charge is -2.45. The number of aliphatic hydroxyl groups is 1. The molecule has 2 rings (SSSR count). The van der Waals surface area contributed by atoms with Gasteiger partial charge in [0.05, 0.1) is 10.5 Å². The van der Waals surface area contributed by atoms with E-state index >= 15 is 0 Å². The van der Waals surface area contributed by atoms with Crippen LogP contribution in [-0.4, -0.2) is 76.7 Å². The van der Waals surface area contributed by atoms with Gasteiger partial charge >= 0.3 is 12.1 Å². The second-order valence-electron chi connectivity index (χ2n) is 7.13. The number of carbonyl (C=O) groups excluding carboxylic acids is 1. The summed E-state index contributed by atoms with van der Waals surface area (Å²) in [5.74, 6) is -2.77. The molecule has 12 heteroatoms. The van der Waals surface area contributed by atoms with Crippen molar-refractivity contribution in [1.82, 2.24) is 9.21 Å². The number of carboxylic acids is 1. The quantitative estimate of drug-likeness (QED) is 0.733. The molecule has 1 aromatic carbocycles. The van der Waals surface area contributed by atoms with Crippen LogP contribution in [0.3, 0.4) is 0 Å². The molecular formula is C17H21F3N2O6S. The van der Waals surface area contributed by atoms with Crippen molar-refractivity contribution in [3.05, 3.63) is 29.8 Å². The zero-order chi connectivity index (χ0) is 22.4. The summed E-state index contributed by atoms with van der Waals surface area (Å²) < 4.78 is 65.8. The molecule has 3 atom stereocenters. The molecule has 1 amide bonds. The molecule has 8 nitrogen and oxygen atoms in total. The average Bonchev–Trinajstić information content (AvgIpc) is 2.61. The van der Waals surface area contributed by atoms with Crippen LogP contribution in [0.15, 0.2) is 29.2 Å². The summed E-state index contributed by atoms with van der Waals surface area (Å²) in [6.45, 7) is 2.53. The lowest BCUT2D eigenvalue weighted by atomic mass is 10.0. The first-order valence-corrected chi connectivity index (χ1v) is 10.00. The van der Waals surface area contributed by atoms with Crippen molar-refractivity contribution in [1.29, 1.82) is 0 Å². The van der Waals surface area contributed by atoms with Gasteiger partial charge < -0.3 is 15.1 Å². The molecule has 1 saturated heterocycles. The number of nitrogens with zero attached hydrogens (tertiary/aromatic N) is 2. The number of benzene rings is 1. The topological polar surface area (TPSA) is 115 Å². The molecular weight excluding hydrogens is 417 g/mol. The number of carboxylic acid groups (broad SMARTS) is 1. The molecule has 1 aliphatic heterocycles. The Kier molecular flexibility index (Phi) is 6.04. The van der Waals surface area contributed by atoms with Crippen molar-refractivity contribution in [2.45, 2.75) is 49.5 Å². The number of hydrogen-bond donors (Lipinski definition) is 2. The second kappa shape index (κ2) is 7.58. The van der Waals surface area contributed by atoms with E-state index in [1.54, 1.807) is 0 Å². The molecule has 0 saturated carbocycles. The third-order valence-corrected chi connectivity index (χ3v) is 6.86. The molecule has 0 spiro atoms. The van der Waals surface area contributed by atoms with Crippen molar-refractivity contribution in [3.63, 3.8) is 0 Å². The normalized spacial score (nSPS) is 23.5. The molecule has 0 aliphatic carbocycles. The molecule has 0 bridgehead atoms. The molecule has 1 heterocycles. The zero-order valence-corrected chi connectivity index (χ0v) is 16.7. The Bertz CT molecular complexity index is 899. The summed E-state index contributed by atoms with van der Waals surface area (Å²) in [5, 5.41) is 18.6. The van der Waals surface area contributed by atoms with E-state index in [1.165, 1.54) is 13.8 Å². The van der Waals surface area contributed by atoms with Crippen LogP contribution in [0.2, 0.25) is 0 Å². The van der Waals surface area contributed by atoms with Crippen molar-refractivity contribution in [2.24, 2.45) is 0 Å². The number of hydrogen-bond acceptors (Lipinski definition) is 5. The van der Waals surface area contributed by atoms with E-state index in [1.807, 2.05) is 0 Å². The molecule has 2 N–H and O–H groups in total. The van der Waals surface area contributed by atoms with Gasteiger partial charge in [0.1, 0.15) is 0 Å². The highest BCUT2D eigenvalue weighted by Gasteiger charge is 2.58. The summed E-state index contributed by atoms with van der Waals surface area (Å²) in [4.78, 5) is 23.8. The number of piperazine rings is 1. The smallest absolute Gasteiger partial charge is 0.426 e. The highest BCUT2D eigenvalue weighted by Crippen LogP contribution is 2.34. The minimum atomic E-state index is -5.18. The van der Waals surface area contributed by atoms with Gasteiger partial charge in [-0.05, 0) is 45.0 Å². The van der Waals surface area contributed by atoms with Crippen molar-refractivity contribution >= 4 is 21.9 Å². The number of rotatable bonds is 4. The molecule has 1 unspecified atom stereocenters. The lowest BCUT2D eigenvalue weighted by Crippen LogP contribution is -2.65. The Labute approximate surface area is 165 Å². The highest BCUT2D eigenvalue weighted by molar-refractivity contribution is 7.89. The molecule has 1 fully saturated rings. The van der Waals surface area contributed by atoms with E-state index < -0.39 is 45.8 Å². The highest BCUT2D eigenvalue weighted by atomic mass is 32.2. The minimum Gasteiger partial charge on any atom is -0.478 e. The van der Waals surface area contributed by atoms with Crippen LogP contribution in [0.1, 0.15) is 31.1 Å². The predicted molar refractivity (Wildman–Crippen MR) is 94.6 cm³/mol. The molecule has 29 heavy (non-hydrogen) atoms. The largest absolute Gasteiger partial charge is 0.478 e. The standard InChI is InChI=1S/C17H21F3N2O6S/c1-10-9-22(29(27,28)13-6-4-12(5-7-13)14(23)24)11(2)8-21(10)15(25)16(3,26)17(18,19)20/h4-7,10-11,26H,8-9H2,1-3H3,(H,23,24)/t10-,11-,16?/m1/s1. The Morgan fingerprint density at radius 2 is 1.59 bits per heavy atom. The predicted octanol–water partition coefficient (Wildman–Crippen LogP) is 1.31. The van der Waals surface area contributed by atoms with Gasteiger partial charge in [0.25, 0.3) is 5.91 Å². The molecule has 162 valence electrons. The monoisotopic (exact) mass is 438 g/mol. The number of aromatic carboxylic acids is 1. The van der Waals surface area contributed by atoms with Crippen molar-refractivity contribution in [3.8, 4) is 0 Å². The number of amides is 1. The van der Waals surface area contributed by atoms with E-state index in [0.29, 0.717) is 6.92 Å². The zero-order valence-electron chi connectivity index (χ0n) is 15.8. The lowest BCUT2D eigenvalue weighted by molar-refractivity contribution is -0.251. The average molecular weight is 438 g/mol. The van der Waals surface area contributed by atoms with E-state index in [2.05, 4.69) is 0 Å². The summed E-state index contributed by atoms with van der Waals surface area (Å²) in [6.07, 6.45) is -5.18. The maximum atomic E-state index is 13.0. The Hall–Kier alpha value is -2.18. The Morgan fingerprint density at radius 1 is 1.07 bits per heavy atom. The van der Waals surface area contributed by atoms with Crippen LogP contribution in [0.25, 0.3) is 0 Å². The van der Waals surface area contributed by atoms with Crippen LogP contribution in [-0.2, 0) is 14.8 Å². The van der Waals surface area contributed by atoms with Crippen molar-refractivity contribution in [2.75, 3.05) is 13.1 Å². The number of alkyl halides is 3. The van der Waals surface area contributed by atoms with Gasteiger partial charge in [0.2, 0.25) is 15.6 Å². The summed E-state index contributed by atoms with van der Waals surface area (Å²) >= 11 is 0. The molecule has 0 aromatic heterocycles. The maximum absolute atomic E-state index is 13.0. The van der Waals surface area contributed by atoms with Crippen molar-refractivity contribution < 1.29 is 41.4 Å². The maximum Gasteiger partial charge on any atom is 0.426 e. The first-order chi connectivity index (χ1) is 13.1. The Balaban J connectivity index is 2.27. The van der Waals surface area contributed by atoms with Gasteiger partial charge in [-0.25, -0.2) is 13.2 Å². The van der Waals surface area contributed by atoms with Crippen LogP contribution < -0.4 is 0 Å². The SMILES string of the molecule is C[C@@H]1CN(S(=O)(=O)c2ccc(C(=O)O)cc2)[C@H](C)CN1C(=O)C(C)(O)C(F)(F)F. The van der Waals surface area contributed by atoms with Gasteiger partial charge in [-0.3, -0.25) is 4.79 Å². The second-order valence-corrected chi connectivity index (χ2v) is 9.02. The first kappa shape index (κ1) is 23.1. The third-order valence-electron chi connectivity index (χ3n) is 4.87. The fourth-order valence-electron chi connectivity index (χ4n) is 3.02. The molecule has 1 aliphatic rings. The third kappa shape index (κ3) is 4.23. The minimum absolute atomic E-state index is 0.102. The van der Waals surface area contributed by atoms with Crippen LogP contribution >= 0.6 is 0 Å². The van der Waals surface area contributed by atoms with Crippen LogP contribution in [0.4, 0.5) is 13.2 Å². The number of halogens is 3. The molecule has 1 aromatic rings. The number of carbonyl (C=O) groups is 2.